The molecule has 0 bridgehead atoms. The molecule has 8 nitrogen and oxygen atoms in total. The van der Waals surface area contributed by atoms with Crippen LogP contribution < -0.4 is 19.5 Å². The molecule has 170 valence electrons. The lowest BCUT2D eigenvalue weighted by atomic mass is 9.98. The van der Waals surface area contributed by atoms with Crippen LogP contribution in [0.4, 0.5) is 0 Å². The number of halogens is 1. The van der Waals surface area contributed by atoms with E-state index in [0.29, 0.717) is 45.1 Å². The first-order valence-corrected chi connectivity index (χ1v) is 10.5. The van der Waals surface area contributed by atoms with Gasteiger partial charge in [0.05, 0.1) is 31.9 Å². The predicted molar refractivity (Wildman–Crippen MR) is 121 cm³/mol. The molecule has 2 aromatic carbocycles. The highest BCUT2D eigenvalue weighted by molar-refractivity contribution is 6.33. The Kier molecular flexibility index (Phi) is 7.58. The average molecular weight is 460 g/mol. The second-order valence-corrected chi connectivity index (χ2v) is 7.59. The summed E-state index contributed by atoms with van der Waals surface area (Å²) in [5.41, 5.74) is 1.00. The standard InChI is InChI=1S/C23H26ClN3O5/c1-6-13(2)19(25-22(28)15-9-7-8-10-16(15)24)23-26-21(27-32-23)14-11-17(29-3)20(31-5)18(12-14)30-4/h7-13,19H,6H2,1-5H3,(H,25,28)/t13-,19-/m1/s1. The van der Waals surface area contributed by atoms with Crippen LogP contribution in [0.5, 0.6) is 17.2 Å². The number of methoxy groups -OCH3 is 3. The van der Waals surface area contributed by atoms with Gasteiger partial charge in [0, 0.05) is 5.56 Å². The second kappa shape index (κ2) is 10.4. The van der Waals surface area contributed by atoms with E-state index in [1.807, 2.05) is 13.8 Å². The fourth-order valence-electron chi connectivity index (χ4n) is 3.24. The molecular formula is C23H26ClN3O5. The Morgan fingerprint density at radius 1 is 1.12 bits per heavy atom. The minimum absolute atomic E-state index is 0.0367. The summed E-state index contributed by atoms with van der Waals surface area (Å²) in [5, 5.41) is 7.46. The van der Waals surface area contributed by atoms with Crippen molar-refractivity contribution >= 4 is 17.5 Å². The van der Waals surface area contributed by atoms with Gasteiger partial charge >= 0.3 is 0 Å². The lowest BCUT2D eigenvalue weighted by Gasteiger charge is -2.21. The van der Waals surface area contributed by atoms with Crippen LogP contribution in [-0.2, 0) is 0 Å². The third-order valence-corrected chi connectivity index (χ3v) is 5.58. The van der Waals surface area contributed by atoms with E-state index >= 15 is 0 Å². The molecule has 0 aliphatic heterocycles. The molecule has 0 aliphatic rings. The van der Waals surface area contributed by atoms with E-state index in [0.717, 1.165) is 6.42 Å². The number of rotatable bonds is 9. The highest BCUT2D eigenvalue weighted by Gasteiger charge is 2.28. The summed E-state index contributed by atoms with van der Waals surface area (Å²) in [5.74, 6) is 1.76. The number of aromatic nitrogens is 2. The molecule has 0 radical (unpaired) electrons. The van der Waals surface area contributed by atoms with Crippen molar-refractivity contribution in [2.24, 2.45) is 5.92 Å². The van der Waals surface area contributed by atoms with E-state index in [9.17, 15) is 4.79 Å². The third-order valence-electron chi connectivity index (χ3n) is 5.25. The van der Waals surface area contributed by atoms with E-state index in [-0.39, 0.29) is 11.8 Å². The summed E-state index contributed by atoms with van der Waals surface area (Å²) >= 11 is 6.18. The minimum atomic E-state index is -0.493. The minimum Gasteiger partial charge on any atom is -0.493 e. The van der Waals surface area contributed by atoms with Crippen molar-refractivity contribution in [3.63, 3.8) is 0 Å². The molecule has 1 heterocycles. The quantitative estimate of drug-likeness (QED) is 0.484. The number of carbonyl (C=O) groups is 1. The highest BCUT2D eigenvalue weighted by Crippen LogP contribution is 2.40. The molecule has 1 N–H and O–H groups in total. The third kappa shape index (κ3) is 4.80. The number of hydrogen-bond acceptors (Lipinski definition) is 7. The summed E-state index contributed by atoms with van der Waals surface area (Å²) in [6, 6.07) is 9.84. The summed E-state index contributed by atoms with van der Waals surface area (Å²) in [6.07, 6.45) is 0.787. The number of amides is 1. The van der Waals surface area contributed by atoms with E-state index in [4.69, 9.17) is 30.3 Å². The molecule has 1 amide bonds. The highest BCUT2D eigenvalue weighted by atomic mass is 35.5. The van der Waals surface area contributed by atoms with Crippen LogP contribution in [0.15, 0.2) is 40.9 Å². The van der Waals surface area contributed by atoms with Crippen LogP contribution in [0.2, 0.25) is 5.02 Å². The van der Waals surface area contributed by atoms with Crippen LogP contribution in [-0.4, -0.2) is 37.4 Å². The van der Waals surface area contributed by atoms with Crippen molar-refractivity contribution in [2.75, 3.05) is 21.3 Å². The molecular weight excluding hydrogens is 434 g/mol. The van der Waals surface area contributed by atoms with Gasteiger partial charge in [0.25, 0.3) is 5.91 Å². The number of benzene rings is 2. The molecule has 9 heteroatoms. The Balaban J connectivity index is 1.94. The topological polar surface area (TPSA) is 95.7 Å². The first kappa shape index (κ1) is 23.4. The van der Waals surface area contributed by atoms with E-state index in [1.54, 1.807) is 36.4 Å². The van der Waals surface area contributed by atoms with Crippen molar-refractivity contribution in [3.05, 3.63) is 52.9 Å². The van der Waals surface area contributed by atoms with Gasteiger partial charge in [-0.25, -0.2) is 0 Å². The van der Waals surface area contributed by atoms with Crippen molar-refractivity contribution < 1.29 is 23.5 Å². The number of nitrogens with zero attached hydrogens (tertiary/aromatic N) is 2. The number of hydrogen-bond donors (Lipinski definition) is 1. The van der Waals surface area contributed by atoms with Crippen LogP contribution in [0.1, 0.15) is 42.6 Å². The lowest BCUT2D eigenvalue weighted by molar-refractivity contribution is 0.0910. The van der Waals surface area contributed by atoms with Crippen LogP contribution >= 0.6 is 11.6 Å². The second-order valence-electron chi connectivity index (χ2n) is 7.19. The Morgan fingerprint density at radius 3 is 2.34 bits per heavy atom. The number of nitrogens with one attached hydrogen (secondary N) is 1. The maximum Gasteiger partial charge on any atom is 0.253 e. The molecule has 0 fully saturated rings. The maximum atomic E-state index is 12.9. The summed E-state index contributed by atoms with van der Waals surface area (Å²) in [6.45, 7) is 4.02. The molecule has 0 aliphatic carbocycles. The van der Waals surface area contributed by atoms with Gasteiger partial charge in [-0.1, -0.05) is 49.2 Å². The Bertz CT molecular complexity index is 1060. The zero-order valence-electron chi connectivity index (χ0n) is 18.6. The van der Waals surface area contributed by atoms with Gasteiger partial charge in [-0.05, 0) is 30.2 Å². The van der Waals surface area contributed by atoms with E-state index < -0.39 is 6.04 Å². The van der Waals surface area contributed by atoms with Gasteiger partial charge in [-0.3, -0.25) is 4.79 Å². The Labute approximate surface area is 191 Å². The molecule has 0 saturated carbocycles. The van der Waals surface area contributed by atoms with Crippen molar-refractivity contribution in [1.29, 1.82) is 0 Å². The summed E-state index contributed by atoms with van der Waals surface area (Å²) in [7, 11) is 4.60. The fourth-order valence-corrected chi connectivity index (χ4v) is 3.46. The first-order chi connectivity index (χ1) is 15.4. The number of carbonyl (C=O) groups excluding carboxylic acids is 1. The van der Waals surface area contributed by atoms with Gasteiger partial charge in [0.15, 0.2) is 11.5 Å². The predicted octanol–water partition coefficient (Wildman–Crippen LogP) is 4.93. The zero-order valence-corrected chi connectivity index (χ0v) is 19.4. The Morgan fingerprint density at radius 2 is 1.78 bits per heavy atom. The van der Waals surface area contributed by atoms with E-state index in [1.165, 1.54) is 21.3 Å². The van der Waals surface area contributed by atoms with Crippen molar-refractivity contribution in [2.45, 2.75) is 26.3 Å². The largest absolute Gasteiger partial charge is 0.493 e. The van der Waals surface area contributed by atoms with Crippen LogP contribution in [0.25, 0.3) is 11.4 Å². The first-order valence-electron chi connectivity index (χ1n) is 10.1. The molecule has 3 rings (SSSR count). The molecule has 1 aromatic heterocycles. The molecule has 0 spiro atoms. The van der Waals surface area contributed by atoms with Crippen LogP contribution in [0, 0.1) is 5.92 Å². The number of ether oxygens (including phenoxy) is 3. The molecule has 3 aromatic rings. The molecule has 32 heavy (non-hydrogen) atoms. The van der Waals surface area contributed by atoms with Crippen LogP contribution in [0.3, 0.4) is 0 Å². The van der Waals surface area contributed by atoms with Gasteiger partial charge in [-0.2, -0.15) is 4.98 Å². The summed E-state index contributed by atoms with van der Waals surface area (Å²) < 4.78 is 21.7. The smallest absolute Gasteiger partial charge is 0.253 e. The van der Waals surface area contributed by atoms with Gasteiger partial charge in [0.1, 0.15) is 6.04 Å². The fraction of sp³-hybridized carbons (Fsp3) is 0.348. The van der Waals surface area contributed by atoms with Crippen molar-refractivity contribution in [1.82, 2.24) is 15.5 Å². The summed E-state index contributed by atoms with van der Waals surface area (Å²) in [4.78, 5) is 17.4. The molecule has 0 saturated heterocycles. The zero-order chi connectivity index (χ0) is 23.3. The lowest BCUT2D eigenvalue weighted by Crippen LogP contribution is -2.33. The maximum absolute atomic E-state index is 12.9. The van der Waals surface area contributed by atoms with E-state index in [2.05, 4.69) is 15.5 Å². The van der Waals surface area contributed by atoms with Gasteiger partial charge in [0.2, 0.25) is 17.5 Å². The SMILES string of the molecule is CC[C@@H](C)[C@@H](NC(=O)c1ccccc1Cl)c1nc(-c2cc(OC)c(OC)c(OC)c2)no1. The molecule has 0 unspecified atom stereocenters. The molecule has 2 atom stereocenters. The monoisotopic (exact) mass is 459 g/mol. The van der Waals surface area contributed by atoms with Crippen molar-refractivity contribution in [3.8, 4) is 28.6 Å². The van der Waals surface area contributed by atoms with Gasteiger partial charge < -0.3 is 24.1 Å². The Hall–Kier alpha value is -3.26. The average Bonchev–Trinajstić information content (AvgIpc) is 3.31. The normalized spacial score (nSPS) is 12.7. The van der Waals surface area contributed by atoms with Gasteiger partial charge in [-0.15, -0.1) is 0 Å².